The van der Waals surface area contributed by atoms with Crippen molar-refractivity contribution < 1.29 is 0 Å². The Bertz CT molecular complexity index is 4440. The number of fused-ring (bicyclic) bond motifs is 12. The molecule has 0 saturated heterocycles. The fourth-order valence-electron chi connectivity index (χ4n) is 13.5. The third kappa shape index (κ3) is 9.20. The zero-order chi connectivity index (χ0) is 59.5. The molecule has 0 unspecified atom stereocenters. The molecular weight excluding hydrogens is 1030 g/mol. The van der Waals surface area contributed by atoms with E-state index in [1.807, 2.05) is 11.3 Å². The van der Waals surface area contributed by atoms with Crippen LogP contribution >= 0.6 is 11.3 Å². The van der Waals surface area contributed by atoms with Crippen LogP contribution in [0.25, 0.3) is 64.7 Å². The molecule has 0 N–H and O–H groups in total. The second-order valence-corrected chi connectivity index (χ2v) is 31.8. The Morgan fingerprint density at radius 3 is 1.43 bits per heavy atom. The fourth-order valence-corrected chi connectivity index (χ4v) is 14.8. The second-order valence-electron chi connectivity index (χ2n) is 30.7. The van der Waals surface area contributed by atoms with Gasteiger partial charge in [0.1, 0.15) is 0 Å². The molecular formula is C80H83BN2S. The van der Waals surface area contributed by atoms with E-state index in [1.54, 1.807) is 0 Å². The van der Waals surface area contributed by atoms with Crippen LogP contribution in [0.2, 0.25) is 0 Å². The van der Waals surface area contributed by atoms with Gasteiger partial charge < -0.3 is 9.80 Å². The molecule has 0 amide bonds. The van der Waals surface area contributed by atoms with E-state index in [0.717, 1.165) is 0 Å². The maximum Gasteiger partial charge on any atom is 0.264 e. The molecule has 0 atom stereocenters. The van der Waals surface area contributed by atoms with E-state index in [2.05, 4.69) is 310 Å². The van der Waals surface area contributed by atoms with E-state index in [-0.39, 0.29) is 39.2 Å². The number of rotatable bonds is 4. The summed E-state index contributed by atoms with van der Waals surface area (Å²) in [4.78, 5) is 5.39. The Kier molecular flexibility index (Phi) is 12.7. The highest BCUT2D eigenvalue weighted by Crippen LogP contribution is 2.53. The summed E-state index contributed by atoms with van der Waals surface area (Å²) in [7, 11) is 0. The third-order valence-electron chi connectivity index (χ3n) is 18.5. The Morgan fingerprint density at radius 2 is 0.845 bits per heavy atom. The van der Waals surface area contributed by atoms with Gasteiger partial charge in [-0.05, 0) is 180 Å². The summed E-state index contributed by atoms with van der Waals surface area (Å²) in [6.45, 7) is 42.6. The van der Waals surface area contributed by atoms with Gasteiger partial charge in [-0.1, -0.05) is 246 Å². The number of thiophene rings is 1. The van der Waals surface area contributed by atoms with E-state index >= 15 is 0 Å². The highest BCUT2D eigenvalue weighted by molar-refractivity contribution is 7.33. The van der Waals surface area contributed by atoms with Crippen LogP contribution in [-0.4, -0.2) is 6.71 Å². The normalized spacial score (nSPS) is 14.0. The molecule has 0 fully saturated rings. The lowest BCUT2D eigenvalue weighted by Gasteiger charge is -2.45. The number of nitrogens with zero attached hydrogens (tertiary/aromatic N) is 2. The summed E-state index contributed by atoms with van der Waals surface area (Å²) in [6, 6.07) is 69.2. The summed E-state index contributed by atoms with van der Waals surface area (Å²) < 4.78 is 2.71. The average molecular weight is 1120 g/mol. The van der Waals surface area contributed by atoms with E-state index in [9.17, 15) is 0 Å². The van der Waals surface area contributed by atoms with Gasteiger partial charge in [-0.15, -0.1) is 11.3 Å². The van der Waals surface area contributed by atoms with Crippen molar-refractivity contribution in [2.75, 3.05) is 9.80 Å². The van der Waals surface area contributed by atoms with Crippen molar-refractivity contribution in [3.05, 3.63) is 209 Å². The van der Waals surface area contributed by atoms with Crippen LogP contribution in [0.3, 0.4) is 0 Å². The van der Waals surface area contributed by atoms with E-state index in [0.29, 0.717) is 0 Å². The Balaban J connectivity index is 1.14. The number of anilines is 6. The number of hydrogen-bond donors (Lipinski definition) is 0. The zero-order valence-electron chi connectivity index (χ0n) is 53.1. The predicted octanol–water partition coefficient (Wildman–Crippen LogP) is 21.6. The van der Waals surface area contributed by atoms with Crippen molar-refractivity contribution in [3.8, 4) is 22.3 Å². The minimum absolute atomic E-state index is 0.0138. The van der Waals surface area contributed by atoms with Gasteiger partial charge in [0.25, 0.3) is 6.71 Å². The van der Waals surface area contributed by atoms with Crippen LogP contribution in [0.15, 0.2) is 176 Å². The number of benzene rings is 10. The number of hydrogen-bond acceptors (Lipinski definition) is 3. The highest BCUT2D eigenvalue weighted by atomic mass is 32.1. The van der Waals surface area contributed by atoms with Gasteiger partial charge >= 0.3 is 0 Å². The van der Waals surface area contributed by atoms with Crippen LogP contribution in [0.4, 0.5) is 34.1 Å². The lowest BCUT2D eigenvalue weighted by molar-refractivity contribution is 0.569. The maximum absolute atomic E-state index is 2.71. The molecule has 0 aliphatic carbocycles. The van der Waals surface area contributed by atoms with Crippen LogP contribution < -0.4 is 25.5 Å². The van der Waals surface area contributed by atoms with Crippen LogP contribution in [0.1, 0.15) is 158 Å². The van der Waals surface area contributed by atoms with E-state index < -0.39 is 0 Å². The molecule has 11 aromatic rings. The zero-order valence-corrected chi connectivity index (χ0v) is 53.9. The molecule has 0 spiro atoms. The van der Waals surface area contributed by atoms with Gasteiger partial charge in [0, 0.05) is 43.2 Å². The predicted molar refractivity (Wildman–Crippen MR) is 371 cm³/mol. The topological polar surface area (TPSA) is 6.48 Å². The Morgan fingerprint density at radius 1 is 0.321 bits per heavy atom. The van der Waals surface area contributed by atoms with Crippen LogP contribution in [-0.2, 0) is 32.5 Å². The summed E-state index contributed by atoms with van der Waals surface area (Å²) >= 11 is 2.00. The van der Waals surface area contributed by atoms with E-state index in [1.165, 1.54) is 148 Å². The first kappa shape index (κ1) is 55.8. The van der Waals surface area contributed by atoms with Crippen molar-refractivity contribution in [2.45, 2.75) is 157 Å². The average Bonchev–Trinajstić information content (AvgIpc) is 1.70. The second kappa shape index (κ2) is 19.1. The third-order valence-corrected chi connectivity index (χ3v) is 19.7. The summed E-state index contributed by atoms with van der Waals surface area (Å²) in [5.41, 5.74) is 22.7. The first-order valence-electron chi connectivity index (χ1n) is 30.7. The molecule has 2 aliphatic rings. The first-order valence-corrected chi connectivity index (χ1v) is 31.5. The van der Waals surface area contributed by atoms with Crippen molar-refractivity contribution in [3.63, 3.8) is 0 Å². The smallest absolute Gasteiger partial charge is 0.264 e. The molecule has 3 heterocycles. The lowest BCUT2D eigenvalue weighted by Crippen LogP contribution is -2.61. The molecule has 0 radical (unpaired) electrons. The molecule has 4 heteroatoms. The molecule has 10 aromatic carbocycles. The molecule has 0 bridgehead atoms. The van der Waals surface area contributed by atoms with Gasteiger partial charge in [-0.25, -0.2) is 0 Å². The summed E-state index contributed by atoms with van der Waals surface area (Å²) in [5, 5.41) is 9.02. The molecule has 1 aromatic heterocycles. The fraction of sp³-hybridized carbons (Fsp3) is 0.300. The van der Waals surface area contributed by atoms with E-state index in [4.69, 9.17) is 0 Å². The van der Waals surface area contributed by atoms with Gasteiger partial charge in [0.2, 0.25) is 0 Å². The van der Waals surface area contributed by atoms with Gasteiger partial charge in [-0.3, -0.25) is 0 Å². The van der Waals surface area contributed by atoms with Gasteiger partial charge in [0.15, 0.2) is 0 Å². The van der Waals surface area contributed by atoms with Crippen molar-refractivity contribution in [1.29, 1.82) is 0 Å². The molecule has 0 saturated carbocycles. The van der Waals surface area contributed by atoms with Crippen molar-refractivity contribution in [1.82, 2.24) is 0 Å². The van der Waals surface area contributed by atoms with Crippen LogP contribution in [0.5, 0.6) is 0 Å². The molecule has 2 nitrogen and oxygen atoms in total. The Labute approximate surface area is 505 Å². The van der Waals surface area contributed by atoms with Crippen molar-refractivity contribution in [2.24, 2.45) is 0 Å². The van der Waals surface area contributed by atoms with Gasteiger partial charge in [0.05, 0.1) is 11.4 Å². The largest absolute Gasteiger partial charge is 0.311 e. The maximum atomic E-state index is 2.71. The Hall–Kier alpha value is -7.40. The molecule has 2 aliphatic heterocycles. The minimum Gasteiger partial charge on any atom is -0.311 e. The summed E-state index contributed by atoms with van der Waals surface area (Å²) in [6.07, 6.45) is 0. The molecule has 13 rings (SSSR count). The molecule has 422 valence electrons. The van der Waals surface area contributed by atoms with Crippen LogP contribution in [0, 0.1) is 0 Å². The van der Waals surface area contributed by atoms with Gasteiger partial charge in [-0.2, -0.15) is 0 Å². The highest BCUT2D eigenvalue weighted by Gasteiger charge is 2.48. The standard InChI is InChI=1S/C80H83BN2S/c1-75(2,3)51-34-37-67(62(44-51)49-33-36-61-59-29-20-19-27-57(59)58-28-21-22-30-60(58)63(61)42-49)83-69-32-24-31-68-71(69)81(74-72(83)64-45-52(76(4,5)6)35-38-70(64)84-74)66-47-55(79(13,14)15)46-65(80(16,17)18)73(66)82(68)56-26-23-25-48(41-56)50-39-53(77(7,8)9)43-54(40-50)78(10,11)12/h19-47H,1-18H3. The SMILES string of the molecule is CC(C)(C)c1cc(-c2cccc(N3c4cccc5c4B(c4cc(C(C)(C)C)cc(C(C)(C)C)c43)c3sc4ccc(C(C)(C)C)cc4c3N5c3ccc(C(C)(C)C)cc3-c3ccc4c5ccccc5c5ccccc5c4c3)c2)cc(C(C)(C)C)c1. The lowest BCUT2D eigenvalue weighted by atomic mass is 9.35. The van der Waals surface area contributed by atoms with Crippen molar-refractivity contribution >= 4 is 110 Å². The quantitative estimate of drug-likeness (QED) is 0.128. The summed E-state index contributed by atoms with van der Waals surface area (Å²) in [5.74, 6) is 0. The minimum atomic E-state index is -0.189. The first-order chi connectivity index (χ1) is 39.4. The molecule has 84 heavy (non-hydrogen) atoms. The monoisotopic (exact) mass is 1110 g/mol.